The predicted octanol–water partition coefficient (Wildman–Crippen LogP) is 1.50. The molecule has 4 rings (SSSR count). The van der Waals surface area contributed by atoms with Crippen molar-refractivity contribution < 1.29 is 19.0 Å². The number of hydrogen-bond acceptors (Lipinski definition) is 6. The molecule has 0 unspecified atom stereocenters. The molecule has 1 amide bonds. The number of aromatic nitrogens is 3. The van der Waals surface area contributed by atoms with E-state index in [0.29, 0.717) is 36.0 Å². The van der Waals surface area contributed by atoms with E-state index in [0.717, 1.165) is 31.0 Å². The van der Waals surface area contributed by atoms with E-state index in [1.54, 1.807) is 12.1 Å². The Labute approximate surface area is 145 Å². The lowest BCUT2D eigenvalue weighted by Gasteiger charge is -2.21. The molecule has 3 heterocycles. The first-order valence-electron chi connectivity index (χ1n) is 8.38. The maximum atomic E-state index is 12.7. The van der Waals surface area contributed by atoms with Crippen molar-refractivity contribution in [3.05, 3.63) is 29.3 Å². The fourth-order valence-corrected chi connectivity index (χ4v) is 3.24. The average Bonchev–Trinajstić information content (AvgIpc) is 3.24. The summed E-state index contributed by atoms with van der Waals surface area (Å²) in [5.74, 6) is 3.08. The van der Waals surface area contributed by atoms with Crippen LogP contribution in [0.2, 0.25) is 0 Å². The molecule has 2 aromatic rings. The van der Waals surface area contributed by atoms with Crippen LogP contribution in [0.5, 0.6) is 17.2 Å². The van der Waals surface area contributed by atoms with Crippen LogP contribution in [0, 0.1) is 0 Å². The number of nitrogens with zero attached hydrogens (tertiary/aromatic N) is 3. The third-order valence-electron chi connectivity index (χ3n) is 4.46. The van der Waals surface area contributed by atoms with Gasteiger partial charge in [-0.15, -0.1) is 10.2 Å². The molecule has 8 nitrogen and oxygen atoms in total. The highest BCUT2D eigenvalue weighted by molar-refractivity contribution is 5.95. The van der Waals surface area contributed by atoms with E-state index in [4.69, 9.17) is 14.2 Å². The number of ether oxygens (including phenoxy) is 3. The minimum atomic E-state index is -0.244. The maximum Gasteiger partial charge on any atom is 0.252 e. The molecule has 2 aliphatic rings. The van der Waals surface area contributed by atoms with Crippen molar-refractivity contribution in [2.45, 2.75) is 32.4 Å². The van der Waals surface area contributed by atoms with Crippen molar-refractivity contribution in [3.8, 4) is 17.2 Å². The van der Waals surface area contributed by atoms with Gasteiger partial charge in [-0.3, -0.25) is 4.79 Å². The summed E-state index contributed by atoms with van der Waals surface area (Å²) < 4.78 is 18.6. The maximum absolute atomic E-state index is 12.7. The molecule has 2 aliphatic heterocycles. The Morgan fingerprint density at radius 1 is 1.32 bits per heavy atom. The Bertz CT molecular complexity index is 800. The number of carbonyl (C=O) groups is 1. The van der Waals surface area contributed by atoms with Crippen molar-refractivity contribution in [1.29, 1.82) is 0 Å². The molecule has 1 N–H and O–H groups in total. The van der Waals surface area contributed by atoms with E-state index in [1.165, 1.54) is 7.11 Å². The summed E-state index contributed by atoms with van der Waals surface area (Å²) in [6.07, 6.45) is 2.00. The van der Waals surface area contributed by atoms with Crippen molar-refractivity contribution in [2.75, 3.05) is 20.3 Å². The lowest BCUT2D eigenvalue weighted by atomic mass is 10.1. The van der Waals surface area contributed by atoms with Gasteiger partial charge in [-0.1, -0.05) is 0 Å². The lowest BCUT2D eigenvalue weighted by molar-refractivity contribution is 0.0935. The number of fused-ring (bicyclic) bond motifs is 2. The van der Waals surface area contributed by atoms with Crippen LogP contribution < -0.4 is 19.5 Å². The molecule has 0 saturated carbocycles. The minimum Gasteiger partial charge on any atom is -0.493 e. The highest BCUT2D eigenvalue weighted by Gasteiger charge is 2.25. The number of benzene rings is 1. The third kappa shape index (κ3) is 2.77. The Morgan fingerprint density at radius 3 is 3.00 bits per heavy atom. The summed E-state index contributed by atoms with van der Waals surface area (Å²) in [5.41, 5.74) is 0.453. The summed E-state index contributed by atoms with van der Waals surface area (Å²) in [6, 6.07) is 3.09. The molecule has 1 aromatic heterocycles. The average molecular weight is 344 g/mol. The van der Waals surface area contributed by atoms with Gasteiger partial charge in [0.2, 0.25) is 5.75 Å². The van der Waals surface area contributed by atoms with Crippen molar-refractivity contribution in [1.82, 2.24) is 20.1 Å². The molecule has 132 valence electrons. The van der Waals surface area contributed by atoms with Crippen LogP contribution >= 0.6 is 0 Å². The van der Waals surface area contributed by atoms with Crippen LogP contribution in [0.1, 0.15) is 41.4 Å². The van der Waals surface area contributed by atoms with Crippen molar-refractivity contribution in [3.63, 3.8) is 0 Å². The molecule has 0 aliphatic carbocycles. The second kappa shape index (κ2) is 6.27. The number of amides is 1. The zero-order valence-electron chi connectivity index (χ0n) is 14.2. The fraction of sp³-hybridized carbons (Fsp3) is 0.471. The first-order valence-corrected chi connectivity index (χ1v) is 8.38. The van der Waals surface area contributed by atoms with E-state index in [9.17, 15) is 4.79 Å². The van der Waals surface area contributed by atoms with Crippen LogP contribution in [0.25, 0.3) is 0 Å². The smallest absolute Gasteiger partial charge is 0.252 e. The zero-order chi connectivity index (χ0) is 17.4. The Balaban J connectivity index is 1.56. The number of aryl methyl sites for hydroxylation is 1. The summed E-state index contributed by atoms with van der Waals surface area (Å²) in [4.78, 5) is 12.7. The number of hydrogen-bond donors (Lipinski definition) is 1. The monoisotopic (exact) mass is 344 g/mol. The van der Waals surface area contributed by atoms with Crippen LogP contribution in [0.15, 0.2) is 12.1 Å². The molecule has 0 fully saturated rings. The van der Waals surface area contributed by atoms with E-state index in [2.05, 4.69) is 20.1 Å². The Morgan fingerprint density at radius 2 is 2.16 bits per heavy atom. The molecule has 0 radical (unpaired) electrons. The molecule has 8 heteroatoms. The first kappa shape index (κ1) is 15.7. The molecule has 1 aromatic carbocycles. The number of carbonyl (C=O) groups excluding carboxylic acids is 1. The number of methoxy groups -OCH3 is 1. The predicted molar refractivity (Wildman–Crippen MR) is 88.2 cm³/mol. The van der Waals surface area contributed by atoms with Crippen LogP contribution in [0.3, 0.4) is 0 Å². The third-order valence-corrected chi connectivity index (χ3v) is 4.46. The molecule has 0 spiro atoms. The summed E-state index contributed by atoms with van der Waals surface area (Å²) in [5, 5.41) is 11.4. The van der Waals surface area contributed by atoms with Crippen molar-refractivity contribution >= 4 is 5.91 Å². The number of nitrogens with one attached hydrogen (secondary N) is 1. The Hall–Kier alpha value is -2.77. The van der Waals surface area contributed by atoms with Gasteiger partial charge in [0.1, 0.15) is 19.0 Å². The van der Waals surface area contributed by atoms with Gasteiger partial charge in [0.25, 0.3) is 5.91 Å². The minimum absolute atomic E-state index is 0.224. The summed E-state index contributed by atoms with van der Waals surface area (Å²) in [7, 11) is 1.54. The SMILES string of the molecule is COc1cc(C(=O)N[C@@H](C)c2nnc3n2CCC3)cc2c1OCCO2. The Kier molecular flexibility index (Phi) is 3.95. The van der Waals surface area contributed by atoms with Gasteiger partial charge in [0, 0.05) is 18.5 Å². The van der Waals surface area contributed by atoms with E-state index >= 15 is 0 Å². The topological polar surface area (TPSA) is 87.5 Å². The van der Waals surface area contributed by atoms with Gasteiger partial charge >= 0.3 is 0 Å². The van der Waals surface area contributed by atoms with Gasteiger partial charge in [-0.25, -0.2) is 0 Å². The molecular formula is C17H20N4O4. The van der Waals surface area contributed by atoms with Gasteiger partial charge < -0.3 is 24.1 Å². The van der Waals surface area contributed by atoms with Gasteiger partial charge in [0.15, 0.2) is 17.3 Å². The van der Waals surface area contributed by atoms with E-state index in [-0.39, 0.29) is 11.9 Å². The highest BCUT2D eigenvalue weighted by Crippen LogP contribution is 2.40. The second-order valence-electron chi connectivity index (χ2n) is 6.13. The summed E-state index contributed by atoms with van der Waals surface area (Å²) >= 11 is 0. The molecule has 25 heavy (non-hydrogen) atoms. The van der Waals surface area contributed by atoms with Crippen LogP contribution in [0.4, 0.5) is 0 Å². The molecule has 1 atom stereocenters. The molecular weight excluding hydrogens is 324 g/mol. The fourth-order valence-electron chi connectivity index (χ4n) is 3.24. The summed E-state index contributed by atoms with van der Waals surface area (Å²) in [6.45, 7) is 3.71. The van der Waals surface area contributed by atoms with E-state index < -0.39 is 0 Å². The number of rotatable bonds is 4. The largest absolute Gasteiger partial charge is 0.493 e. The lowest BCUT2D eigenvalue weighted by Crippen LogP contribution is -2.29. The zero-order valence-corrected chi connectivity index (χ0v) is 14.2. The van der Waals surface area contributed by atoms with Crippen molar-refractivity contribution in [2.24, 2.45) is 0 Å². The van der Waals surface area contributed by atoms with Gasteiger partial charge in [-0.2, -0.15) is 0 Å². The quantitative estimate of drug-likeness (QED) is 0.904. The highest BCUT2D eigenvalue weighted by atomic mass is 16.6. The van der Waals surface area contributed by atoms with Crippen LogP contribution in [-0.2, 0) is 13.0 Å². The normalized spacial score (nSPS) is 16.2. The van der Waals surface area contributed by atoms with E-state index in [1.807, 2.05) is 6.92 Å². The van der Waals surface area contributed by atoms with Crippen LogP contribution in [-0.4, -0.2) is 41.0 Å². The standard InChI is InChI=1S/C17H20N4O4/c1-10(16-20-19-14-4-3-5-21(14)16)18-17(22)11-8-12(23-2)15-13(9-11)24-6-7-25-15/h8-10H,3-7H2,1-2H3,(H,18,22)/t10-/m0/s1. The van der Waals surface area contributed by atoms with Gasteiger partial charge in [0.05, 0.1) is 13.2 Å². The molecule has 0 saturated heterocycles. The molecule has 0 bridgehead atoms. The first-order chi connectivity index (χ1) is 12.2. The second-order valence-corrected chi connectivity index (χ2v) is 6.13. The van der Waals surface area contributed by atoms with Gasteiger partial charge in [-0.05, 0) is 25.5 Å².